The molecule has 0 fully saturated rings. The molecule has 0 N–H and O–H groups in total. The molecule has 1 aromatic heterocycles. The topological polar surface area (TPSA) is 17.8 Å². The van der Waals surface area contributed by atoms with E-state index in [1.807, 2.05) is 24.0 Å². The van der Waals surface area contributed by atoms with Crippen LogP contribution < -0.4 is 0 Å². The molecule has 0 aliphatic rings. The summed E-state index contributed by atoms with van der Waals surface area (Å²) in [6.07, 6.45) is 1.81. The molecular weight excluding hydrogens is 300 g/mol. The highest BCUT2D eigenvalue weighted by atomic mass is 79.9. The van der Waals surface area contributed by atoms with Crippen LogP contribution in [0.25, 0.3) is 22.4 Å². The Balaban J connectivity index is 1.98. The summed E-state index contributed by atoms with van der Waals surface area (Å²) < 4.78 is 2.96. The second kappa shape index (κ2) is 5.02. The van der Waals surface area contributed by atoms with Crippen molar-refractivity contribution >= 4 is 15.9 Å². The Morgan fingerprint density at radius 1 is 0.842 bits per heavy atom. The van der Waals surface area contributed by atoms with Crippen LogP contribution in [0.3, 0.4) is 0 Å². The van der Waals surface area contributed by atoms with Gasteiger partial charge in [-0.05, 0) is 27.1 Å². The zero-order chi connectivity index (χ0) is 13.2. The summed E-state index contributed by atoms with van der Waals surface area (Å²) in [5.41, 5.74) is 4.54. The lowest BCUT2D eigenvalue weighted by Crippen LogP contribution is -1.85. The second-order valence-corrected chi connectivity index (χ2v) is 5.19. The quantitative estimate of drug-likeness (QED) is 0.680. The van der Waals surface area contributed by atoms with Crippen LogP contribution in [0.15, 0.2) is 65.5 Å². The predicted molar refractivity (Wildman–Crippen MR) is 81.8 cm³/mol. The van der Waals surface area contributed by atoms with E-state index in [-0.39, 0.29) is 0 Å². The molecule has 94 valence electrons. The summed E-state index contributed by atoms with van der Waals surface area (Å²) in [7, 11) is 1.97. The molecule has 3 rings (SSSR count). The number of hydrogen-bond donors (Lipinski definition) is 0. The minimum atomic E-state index is 0.974. The molecular formula is C16H13BrN2. The predicted octanol–water partition coefficient (Wildman–Crippen LogP) is 4.52. The van der Waals surface area contributed by atoms with Crippen LogP contribution in [0.2, 0.25) is 0 Å². The average Bonchev–Trinajstić information content (AvgIpc) is 2.80. The third kappa shape index (κ3) is 2.34. The minimum Gasteiger partial charge on any atom is -0.328 e. The minimum absolute atomic E-state index is 0.974. The van der Waals surface area contributed by atoms with Crippen LogP contribution in [0.4, 0.5) is 0 Å². The summed E-state index contributed by atoms with van der Waals surface area (Å²) in [5, 5.41) is 0. The maximum absolute atomic E-state index is 4.40. The van der Waals surface area contributed by atoms with E-state index in [4.69, 9.17) is 0 Å². The highest BCUT2D eigenvalue weighted by Crippen LogP contribution is 2.28. The van der Waals surface area contributed by atoms with Crippen molar-refractivity contribution in [1.82, 2.24) is 9.55 Å². The molecule has 0 atom stereocenters. The third-order valence-electron chi connectivity index (χ3n) is 3.13. The maximum Gasteiger partial charge on any atom is 0.112 e. The van der Waals surface area contributed by atoms with E-state index < -0.39 is 0 Å². The first-order valence-electron chi connectivity index (χ1n) is 6.08. The molecule has 3 aromatic rings. The molecule has 0 radical (unpaired) electrons. The van der Waals surface area contributed by atoms with E-state index in [9.17, 15) is 0 Å². The number of rotatable bonds is 2. The van der Waals surface area contributed by atoms with Gasteiger partial charge in [0.25, 0.3) is 0 Å². The van der Waals surface area contributed by atoms with E-state index in [1.54, 1.807) is 0 Å². The largest absolute Gasteiger partial charge is 0.328 e. The first-order valence-corrected chi connectivity index (χ1v) is 6.87. The zero-order valence-electron chi connectivity index (χ0n) is 10.5. The number of imidazole rings is 1. The third-order valence-corrected chi connectivity index (χ3v) is 4.07. The molecule has 0 saturated heterocycles. The van der Waals surface area contributed by atoms with Crippen molar-refractivity contribution in [2.24, 2.45) is 7.05 Å². The molecule has 0 bridgehead atoms. The van der Waals surface area contributed by atoms with Gasteiger partial charge in [0.1, 0.15) is 10.3 Å². The Bertz CT molecular complexity index is 685. The fraction of sp³-hybridized carbons (Fsp3) is 0.0625. The van der Waals surface area contributed by atoms with Gasteiger partial charge >= 0.3 is 0 Å². The van der Waals surface area contributed by atoms with Gasteiger partial charge in [0.05, 0.1) is 6.33 Å². The van der Waals surface area contributed by atoms with E-state index in [2.05, 4.69) is 69.4 Å². The SMILES string of the molecule is Cn1cnc(-c2ccc(-c3ccccc3)cc2)c1Br. The first kappa shape index (κ1) is 12.2. The van der Waals surface area contributed by atoms with Crippen molar-refractivity contribution in [3.8, 4) is 22.4 Å². The summed E-state index contributed by atoms with van der Waals surface area (Å²) in [6, 6.07) is 18.8. The zero-order valence-corrected chi connectivity index (χ0v) is 12.1. The van der Waals surface area contributed by atoms with Crippen LogP contribution in [0.5, 0.6) is 0 Å². The smallest absolute Gasteiger partial charge is 0.112 e. The summed E-state index contributed by atoms with van der Waals surface area (Å²) in [5.74, 6) is 0. The van der Waals surface area contributed by atoms with E-state index in [0.29, 0.717) is 0 Å². The van der Waals surface area contributed by atoms with Gasteiger partial charge in [-0.25, -0.2) is 4.98 Å². The molecule has 2 aromatic carbocycles. The Hall–Kier alpha value is -1.87. The van der Waals surface area contributed by atoms with Gasteiger partial charge in [0.15, 0.2) is 0 Å². The molecule has 2 nitrogen and oxygen atoms in total. The van der Waals surface area contributed by atoms with Crippen LogP contribution in [0.1, 0.15) is 0 Å². The number of benzene rings is 2. The Labute approximate surface area is 120 Å². The highest BCUT2D eigenvalue weighted by molar-refractivity contribution is 9.10. The number of halogens is 1. The number of hydrogen-bond acceptors (Lipinski definition) is 1. The van der Waals surface area contributed by atoms with Gasteiger partial charge in [-0.3, -0.25) is 0 Å². The molecule has 0 saturated carbocycles. The van der Waals surface area contributed by atoms with Gasteiger partial charge < -0.3 is 4.57 Å². The fourth-order valence-corrected chi connectivity index (χ4v) is 2.48. The van der Waals surface area contributed by atoms with Crippen molar-refractivity contribution in [1.29, 1.82) is 0 Å². The van der Waals surface area contributed by atoms with Crippen molar-refractivity contribution in [2.75, 3.05) is 0 Å². The van der Waals surface area contributed by atoms with E-state index >= 15 is 0 Å². The molecule has 0 unspecified atom stereocenters. The van der Waals surface area contributed by atoms with Crippen LogP contribution >= 0.6 is 15.9 Å². The average molecular weight is 313 g/mol. The molecule has 0 amide bonds. The summed E-state index contributed by atoms with van der Waals surface area (Å²) >= 11 is 3.55. The van der Waals surface area contributed by atoms with Crippen LogP contribution in [-0.4, -0.2) is 9.55 Å². The molecule has 0 aliphatic heterocycles. The number of nitrogens with zero attached hydrogens (tertiary/aromatic N) is 2. The Morgan fingerprint density at radius 2 is 1.42 bits per heavy atom. The molecule has 19 heavy (non-hydrogen) atoms. The van der Waals surface area contributed by atoms with Gasteiger partial charge in [0, 0.05) is 12.6 Å². The van der Waals surface area contributed by atoms with Gasteiger partial charge in [0.2, 0.25) is 0 Å². The van der Waals surface area contributed by atoms with Crippen molar-refractivity contribution in [3.63, 3.8) is 0 Å². The summed E-state index contributed by atoms with van der Waals surface area (Å²) in [4.78, 5) is 4.40. The van der Waals surface area contributed by atoms with E-state index in [0.717, 1.165) is 15.9 Å². The lowest BCUT2D eigenvalue weighted by molar-refractivity contribution is 0.891. The molecule has 0 spiro atoms. The molecule has 3 heteroatoms. The Kier molecular flexibility index (Phi) is 3.22. The normalized spacial score (nSPS) is 10.6. The highest BCUT2D eigenvalue weighted by Gasteiger charge is 2.08. The van der Waals surface area contributed by atoms with Crippen molar-refractivity contribution in [2.45, 2.75) is 0 Å². The van der Waals surface area contributed by atoms with Crippen LogP contribution in [0, 0.1) is 0 Å². The molecule has 0 aliphatic carbocycles. The first-order chi connectivity index (χ1) is 9.25. The van der Waals surface area contributed by atoms with Crippen LogP contribution in [-0.2, 0) is 7.05 Å². The van der Waals surface area contributed by atoms with Crippen molar-refractivity contribution < 1.29 is 0 Å². The lowest BCUT2D eigenvalue weighted by atomic mass is 10.0. The standard InChI is InChI=1S/C16H13BrN2/c1-19-11-18-15(16(19)17)14-9-7-13(8-10-14)12-5-3-2-4-6-12/h2-11H,1H3. The monoisotopic (exact) mass is 312 g/mol. The van der Waals surface area contributed by atoms with Crippen molar-refractivity contribution in [3.05, 3.63) is 65.5 Å². The second-order valence-electron chi connectivity index (χ2n) is 4.44. The lowest BCUT2D eigenvalue weighted by Gasteiger charge is -2.03. The fourth-order valence-electron chi connectivity index (χ4n) is 2.06. The maximum atomic E-state index is 4.40. The Morgan fingerprint density at radius 3 is 2.00 bits per heavy atom. The number of aromatic nitrogens is 2. The van der Waals surface area contributed by atoms with Gasteiger partial charge in [-0.1, -0.05) is 54.6 Å². The van der Waals surface area contributed by atoms with E-state index in [1.165, 1.54) is 11.1 Å². The van der Waals surface area contributed by atoms with Gasteiger partial charge in [-0.15, -0.1) is 0 Å². The number of aryl methyl sites for hydroxylation is 1. The molecule has 1 heterocycles. The summed E-state index contributed by atoms with van der Waals surface area (Å²) in [6.45, 7) is 0. The van der Waals surface area contributed by atoms with Gasteiger partial charge in [-0.2, -0.15) is 0 Å².